The number of carbonyl (C=O) groups excluding carboxylic acids is 1. The lowest BCUT2D eigenvalue weighted by Crippen LogP contribution is -2.05. The lowest BCUT2D eigenvalue weighted by Gasteiger charge is -2.10. The second-order valence-corrected chi connectivity index (χ2v) is 4.11. The van der Waals surface area contributed by atoms with Gasteiger partial charge in [-0.3, -0.25) is 0 Å². The van der Waals surface area contributed by atoms with Crippen LogP contribution in [0.3, 0.4) is 0 Å². The molecule has 0 saturated heterocycles. The maximum atomic E-state index is 11.5. The zero-order valence-corrected chi connectivity index (χ0v) is 11.4. The van der Waals surface area contributed by atoms with Crippen molar-refractivity contribution < 1.29 is 19.0 Å². The van der Waals surface area contributed by atoms with Gasteiger partial charge in [0.25, 0.3) is 0 Å². The zero-order chi connectivity index (χ0) is 14.0. The van der Waals surface area contributed by atoms with Gasteiger partial charge in [0.2, 0.25) is 0 Å². The molecule has 0 fully saturated rings. The van der Waals surface area contributed by atoms with Crippen LogP contribution in [0.5, 0.6) is 11.5 Å². The first kappa shape index (κ1) is 13.4. The Balaban J connectivity index is 2.74. The Morgan fingerprint density at radius 1 is 1.11 bits per heavy atom. The van der Waals surface area contributed by atoms with Crippen LogP contribution in [-0.4, -0.2) is 32.3 Å². The Kier molecular flexibility index (Phi) is 3.76. The standard InChI is InChI=1S/C13H12ClNO4/c1-17-11-6-10(13(16)19-3)15-9-5-12(18-2)8(14)4-7(9)11/h4-6H,1-3H3. The van der Waals surface area contributed by atoms with Crippen molar-refractivity contribution in [1.82, 2.24) is 4.98 Å². The molecule has 0 aliphatic heterocycles. The summed E-state index contributed by atoms with van der Waals surface area (Å²) in [4.78, 5) is 15.8. The SMILES string of the molecule is COC(=O)c1cc(OC)c2cc(Cl)c(OC)cc2n1. The van der Waals surface area contributed by atoms with Crippen molar-refractivity contribution in [2.24, 2.45) is 0 Å². The van der Waals surface area contributed by atoms with Gasteiger partial charge in [0.15, 0.2) is 5.69 Å². The third-order valence-corrected chi connectivity index (χ3v) is 2.95. The molecule has 1 aromatic carbocycles. The van der Waals surface area contributed by atoms with Crippen LogP contribution < -0.4 is 9.47 Å². The number of esters is 1. The van der Waals surface area contributed by atoms with E-state index in [4.69, 9.17) is 21.1 Å². The summed E-state index contributed by atoms with van der Waals surface area (Å²) < 4.78 is 15.0. The number of ether oxygens (including phenoxy) is 3. The van der Waals surface area contributed by atoms with E-state index in [1.165, 1.54) is 27.4 Å². The molecule has 100 valence electrons. The Bertz CT molecular complexity index is 642. The number of nitrogens with zero attached hydrogens (tertiary/aromatic N) is 1. The molecule has 0 atom stereocenters. The predicted molar refractivity (Wildman–Crippen MR) is 71.2 cm³/mol. The van der Waals surface area contributed by atoms with E-state index in [1.54, 1.807) is 12.1 Å². The van der Waals surface area contributed by atoms with Gasteiger partial charge in [0, 0.05) is 17.5 Å². The van der Waals surface area contributed by atoms with Gasteiger partial charge in [-0.2, -0.15) is 0 Å². The first-order valence-electron chi connectivity index (χ1n) is 5.41. The van der Waals surface area contributed by atoms with E-state index >= 15 is 0 Å². The van der Waals surface area contributed by atoms with E-state index in [2.05, 4.69) is 9.72 Å². The van der Waals surface area contributed by atoms with E-state index in [-0.39, 0.29) is 5.69 Å². The highest BCUT2D eigenvalue weighted by atomic mass is 35.5. The van der Waals surface area contributed by atoms with Gasteiger partial charge in [-0.05, 0) is 6.07 Å². The van der Waals surface area contributed by atoms with E-state index in [9.17, 15) is 4.79 Å². The number of pyridine rings is 1. The number of aromatic nitrogens is 1. The fraction of sp³-hybridized carbons (Fsp3) is 0.231. The molecular formula is C13H12ClNO4. The highest BCUT2D eigenvalue weighted by Crippen LogP contribution is 2.34. The average molecular weight is 282 g/mol. The molecule has 19 heavy (non-hydrogen) atoms. The molecule has 0 saturated carbocycles. The summed E-state index contributed by atoms with van der Waals surface area (Å²) in [5, 5.41) is 1.14. The van der Waals surface area contributed by atoms with Crippen molar-refractivity contribution in [1.29, 1.82) is 0 Å². The summed E-state index contributed by atoms with van der Waals surface area (Å²) in [6.07, 6.45) is 0. The van der Waals surface area contributed by atoms with Gasteiger partial charge in [0.05, 0.1) is 31.9 Å². The molecule has 6 heteroatoms. The second kappa shape index (κ2) is 5.32. The molecule has 0 radical (unpaired) electrons. The van der Waals surface area contributed by atoms with Gasteiger partial charge in [0.1, 0.15) is 11.5 Å². The lowest BCUT2D eigenvalue weighted by atomic mass is 10.1. The van der Waals surface area contributed by atoms with Gasteiger partial charge >= 0.3 is 5.97 Å². The largest absolute Gasteiger partial charge is 0.496 e. The molecule has 0 aliphatic carbocycles. The summed E-state index contributed by atoms with van der Waals surface area (Å²) in [7, 11) is 4.31. The molecule has 2 aromatic rings. The van der Waals surface area contributed by atoms with Gasteiger partial charge in [-0.25, -0.2) is 9.78 Å². The second-order valence-electron chi connectivity index (χ2n) is 3.71. The molecule has 2 rings (SSSR count). The van der Waals surface area contributed by atoms with Crippen LogP contribution in [-0.2, 0) is 4.74 Å². The molecule has 0 aliphatic rings. The molecule has 0 spiro atoms. The smallest absolute Gasteiger partial charge is 0.356 e. The van der Waals surface area contributed by atoms with E-state index < -0.39 is 5.97 Å². The third kappa shape index (κ3) is 2.42. The summed E-state index contributed by atoms with van der Waals surface area (Å²) in [6, 6.07) is 4.84. The molecular weight excluding hydrogens is 270 g/mol. The third-order valence-electron chi connectivity index (χ3n) is 2.66. The molecule has 5 nitrogen and oxygen atoms in total. The lowest BCUT2D eigenvalue weighted by molar-refractivity contribution is 0.0594. The fourth-order valence-corrected chi connectivity index (χ4v) is 1.97. The quantitative estimate of drug-likeness (QED) is 0.810. The maximum Gasteiger partial charge on any atom is 0.356 e. The van der Waals surface area contributed by atoms with Crippen LogP contribution in [0.15, 0.2) is 18.2 Å². The van der Waals surface area contributed by atoms with E-state index in [0.717, 1.165) is 0 Å². The molecule has 0 N–H and O–H groups in total. The average Bonchev–Trinajstić information content (AvgIpc) is 2.44. The van der Waals surface area contributed by atoms with Crippen molar-refractivity contribution in [3.8, 4) is 11.5 Å². The minimum absolute atomic E-state index is 0.163. The molecule has 1 aromatic heterocycles. The first-order valence-corrected chi connectivity index (χ1v) is 5.79. The highest BCUT2D eigenvalue weighted by molar-refractivity contribution is 6.33. The van der Waals surface area contributed by atoms with Crippen LogP contribution in [0, 0.1) is 0 Å². The van der Waals surface area contributed by atoms with E-state index in [0.29, 0.717) is 27.4 Å². The maximum absolute atomic E-state index is 11.5. The minimum Gasteiger partial charge on any atom is -0.496 e. The fourth-order valence-electron chi connectivity index (χ4n) is 1.73. The van der Waals surface area contributed by atoms with Crippen LogP contribution in [0.2, 0.25) is 5.02 Å². The summed E-state index contributed by atoms with van der Waals surface area (Å²) >= 11 is 6.06. The number of halogens is 1. The normalized spacial score (nSPS) is 10.3. The Hall–Kier alpha value is -2.01. The van der Waals surface area contributed by atoms with Gasteiger partial charge < -0.3 is 14.2 Å². The summed E-state index contributed by atoms with van der Waals surface area (Å²) in [6.45, 7) is 0. The highest BCUT2D eigenvalue weighted by Gasteiger charge is 2.15. The van der Waals surface area contributed by atoms with Gasteiger partial charge in [-0.1, -0.05) is 11.6 Å². The number of hydrogen-bond acceptors (Lipinski definition) is 5. The monoisotopic (exact) mass is 281 g/mol. The van der Waals surface area contributed by atoms with Crippen LogP contribution in [0.1, 0.15) is 10.5 Å². The number of carbonyl (C=O) groups is 1. The summed E-state index contributed by atoms with van der Waals surface area (Å²) in [5.41, 5.74) is 0.706. The number of methoxy groups -OCH3 is 3. The molecule has 0 unspecified atom stereocenters. The van der Waals surface area contributed by atoms with Crippen LogP contribution >= 0.6 is 11.6 Å². The van der Waals surface area contributed by atoms with Crippen molar-refractivity contribution in [3.05, 3.63) is 28.9 Å². The van der Waals surface area contributed by atoms with Crippen molar-refractivity contribution in [2.75, 3.05) is 21.3 Å². The van der Waals surface area contributed by atoms with E-state index in [1.807, 2.05) is 0 Å². The Morgan fingerprint density at radius 3 is 2.37 bits per heavy atom. The number of fused-ring (bicyclic) bond motifs is 1. The van der Waals surface area contributed by atoms with Gasteiger partial charge in [-0.15, -0.1) is 0 Å². The summed E-state index contributed by atoms with van der Waals surface area (Å²) in [5.74, 6) is 0.440. The minimum atomic E-state index is -0.533. The topological polar surface area (TPSA) is 57.7 Å². The first-order chi connectivity index (χ1) is 9.10. The number of benzene rings is 1. The van der Waals surface area contributed by atoms with Crippen molar-refractivity contribution in [3.63, 3.8) is 0 Å². The molecule has 0 amide bonds. The number of rotatable bonds is 3. The molecule has 0 bridgehead atoms. The Labute approximate surface area is 115 Å². The zero-order valence-electron chi connectivity index (χ0n) is 10.7. The van der Waals surface area contributed by atoms with Crippen LogP contribution in [0.4, 0.5) is 0 Å². The van der Waals surface area contributed by atoms with Crippen molar-refractivity contribution in [2.45, 2.75) is 0 Å². The Morgan fingerprint density at radius 2 is 1.79 bits per heavy atom. The van der Waals surface area contributed by atoms with Crippen LogP contribution in [0.25, 0.3) is 10.9 Å². The van der Waals surface area contributed by atoms with Crippen molar-refractivity contribution >= 4 is 28.5 Å². The predicted octanol–water partition coefficient (Wildman–Crippen LogP) is 2.69. The molecule has 1 heterocycles. The number of hydrogen-bond donors (Lipinski definition) is 0.